The summed E-state index contributed by atoms with van der Waals surface area (Å²) < 4.78 is 15.5. The van der Waals surface area contributed by atoms with Crippen molar-refractivity contribution in [2.75, 3.05) is 6.61 Å². The molecular formula is C12H22O10. The third-order valence-electron chi connectivity index (χ3n) is 3.94. The Balaban J connectivity index is 2.08. The zero-order valence-electron chi connectivity index (χ0n) is 11.8. The van der Waals surface area contributed by atoms with E-state index in [0.29, 0.717) is 0 Å². The lowest BCUT2D eigenvalue weighted by atomic mass is 9.97. The van der Waals surface area contributed by atoms with Crippen LogP contribution in [-0.2, 0) is 14.2 Å². The van der Waals surface area contributed by atoms with Crippen molar-refractivity contribution in [2.24, 2.45) is 0 Å². The summed E-state index contributed by atoms with van der Waals surface area (Å²) in [6, 6.07) is 0. The fourth-order valence-corrected chi connectivity index (χ4v) is 2.54. The molecule has 0 bridgehead atoms. The van der Waals surface area contributed by atoms with Crippen LogP contribution < -0.4 is 0 Å². The number of hydrogen-bond acceptors (Lipinski definition) is 10. The van der Waals surface area contributed by atoms with Crippen LogP contribution in [-0.4, -0.2) is 104 Å². The van der Waals surface area contributed by atoms with Crippen LogP contribution in [0.25, 0.3) is 0 Å². The Kier molecular flexibility index (Phi) is 5.72. The minimum Gasteiger partial charge on any atom is -0.394 e. The van der Waals surface area contributed by atoms with Crippen LogP contribution in [0.1, 0.15) is 6.92 Å². The van der Waals surface area contributed by atoms with Gasteiger partial charge in [-0.1, -0.05) is 0 Å². The fourth-order valence-electron chi connectivity index (χ4n) is 2.54. The summed E-state index contributed by atoms with van der Waals surface area (Å²) in [5, 5.41) is 67.2. The fraction of sp³-hybridized carbons (Fsp3) is 1.00. The van der Waals surface area contributed by atoms with E-state index in [-0.39, 0.29) is 0 Å². The first-order valence-corrected chi connectivity index (χ1v) is 6.93. The van der Waals surface area contributed by atoms with Crippen molar-refractivity contribution in [3.63, 3.8) is 0 Å². The number of hydrogen-bond donors (Lipinski definition) is 7. The van der Waals surface area contributed by atoms with Crippen molar-refractivity contribution >= 4 is 0 Å². The smallest absolute Gasteiger partial charge is 0.187 e. The van der Waals surface area contributed by atoms with Gasteiger partial charge < -0.3 is 50.0 Å². The van der Waals surface area contributed by atoms with Crippen molar-refractivity contribution in [3.8, 4) is 0 Å². The maximum atomic E-state index is 9.92. The third kappa shape index (κ3) is 3.26. The van der Waals surface area contributed by atoms with E-state index >= 15 is 0 Å². The van der Waals surface area contributed by atoms with Crippen LogP contribution >= 0.6 is 0 Å². The van der Waals surface area contributed by atoms with E-state index in [0.717, 1.165) is 0 Å². The zero-order chi connectivity index (χ0) is 16.6. The van der Waals surface area contributed by atoms with E-state index in [1.165, 1.54) is 6.92 Å². The predicted octanol–water partition coefficient (Wildman–Crippen LogP) is -4.37. The van der Waals surface area contributed by atoms with E-state index in [1.807, 2.05) is 0 Å². The molecule has 0 saturated carbocycles. The SMILES string of the molecule is C[C@@H]1OC(O)[C@@H](O)[C@H](O)[C@@H]1O[C@@H]1O[C@H](CO)[C@H](O)[C@H](O)[C@H]1O. The van der Waals surface area contributed by atoms with Gasteiger partial charge in [-0.25, -0.2) is 0 Å². The summed E-state index contributed by atoms with van der Waals surface area (Å²) in [6.45, 7) is 0.846. The van der Waals surface area contributed by atoms with Crippen LogP contribution in [0.2, 0.25) is 0 Å². The minimum absolute atomic E-state index is 0.620. The molecule has 22 heavy (non-hydrogen) atoms. The Morgan fingerprint density at radius 1 is 0.818 bits per heavy atom. The second kappa shape index (κ2) is 7.01. The number of aliphatic hydroxyl groups excluding tert-OH is 7. The quantitative estimate of drug-likeness (QED) is 0.269. The average molecular weight is 326 g/mol. The van der Waals surface area contributed by atoms with E-state index in [4.69, 9.17) is 19.3 Å². The molecule has 130 valence electrons. The van der Waals surface area contributed by atoms with E-state index in [9.17, 15) is 30.6 Å². The monoisotopic (exact) mass is 326 g/mol. The molecule has 2 saturated heterocycles. The molecule has 0 aromatic rings. The summed E-state index contributed by atoms with van der Waals surface area (Å²) in [6.07, 6.45) is -14.2. The molecular weight excluding hydrogens is 304 g/mol. The molecule has 2 aliphatic heterocycles. The van der Waals surface area contributed by atoms with Gasteiger partial charge in [-0.3, -0.25) is 0 Å². The highest BCUT2D eigenvalue weighted by Crippen LogP contribution is 2.28. The van der Waals surface area contributed by atoms with Crippen LogP contribution in [0.3, 0.4) is 0 Å². The summed E-state index contributed by atoms with van der Waals surface area (Å²) >= 11 is 0. The van der Waals surface area contributed by atoms with Gasteiger partial charge in [-0.15, -0.1) is 0 Å². The lowest BCUT2D eigenvalue weighted by molar-refractivity contribution is -0.351. The van der Waals surface area contributed by atoms with Crippen LogP contribution in [0.5, 0.6) is 0 Å². The van der Waals surface area contributed by atoms with E-state index in [2.05, 4.69) is 0 Å². The molecule has 2 fully saturated rings. The Bertz CT molecular complexity index is 366. The first-order chi connectivity index (χ1) is 10.3. The first-order valence-electron chi connectivity index (χ1n) is 6.93. The topological polar surface area (TPSA) is 169 Å². The normalized spacial score (nSPS) is 53.5. The van der Waals surface area contributed by atoms with Crippen molar-refractivity contribution in [1.82, 2.24) is 0 Å². The molecule has 0 aromatic carbocycles. The molecule has 0 aromatic heterocycles. The lowest BCUT2D eigenvalue weighted by Gasteiger charge is -2.44. The van der Waals surface area contributed by atoms with Crippen LogP contribution in [0.15, 0.2) is 0 Å². The number of rotatable bonds is 3. The second-order valence-electron chi connectivity index (χ2n) is 5.51. The van der Waals surface area contributed by atoms with Gasteiger partial charge in [0.15, 0.2) is 12.6 Å². The maximum Gasteiger partial charge on any atom is 0.187 e. The Morgan fingerprint density at radius 3 is 2.05 bits per heavy atom. The highest BCUT2D eigenvalue weighted by atomic mass is 16.7. The standard InChI is InChI=1S/C12H22O10/c1-3-10(7(16)8(17)11(19)20-3)22-12-9(18)6(15)5(14)4(2-13)21-12/h3-19H,2H2,1H3/t3-,4+,5-,6-,7-,8-,9+,10+,11?,12-/m0/s1. The summed E-state index contributed by atoms with van der Waals surface area (Å²) in [5.41, 5.74) is 0. The summed E-state index contributed by atoms with van der Waals surface area (Å²) in [5.74, 6) is 0. The van der Waals surface area contributed by atoms with Gasteiger partial charge in [0, 0.05) is 0 Å². The molecule has 2 heterocycles. The van der Waals surface area contributed by atoms with Gasteiger partial charge in [0.05, 0.1) is 12.7 Å². The highest BCUT2D eigenvalue weighted by molar-refractivity contribution is 4.92. The Hall–Kier alpha value is -0.400. The van der Waals surface area contributed by atoms with Gasteiger partial charge in [-0.2, -0.15) is 0 Å². The van der Waals surface area contributed by atoms with E-state index < -0.39 is 68.0 Å². The molecule has 10 atom stereocenters. The number of aliphatic hydroxyl groups is 7. The van der Waals surface area contributed by atoms with Crippen LogP contribution in [0, 0.1) is 0 Å². The Morgan fingerprint density at radius 2 is 1.45 bits per heavy atom. The zero-order valence-corrected chi connectivity index (χ0v) is 11.8. The molecule has 1 unspecified atom stereocenters. The Labute approximate surface area is 126 Å². The van der Waals surface area contributed by atoms with E-state index in [1.54, 1.807) is 0 Å². The largest absolute Gasteiger partial charge is 0.394 e. The van der Waals surface area contributed by atoms with Gasteiger partial charge in [0.25, 0.3) is 0 Å². The highest BCUT2D eigenvalue weighted by Gasteiger charge is 2.49. The van der Waals surface area contributed by atoms with Crippen molar-refractivity contribution < 1.29 is 50.0 Å². The third-order valence-corrected chi connectivity index (χ3v) is 3.94. The second-order valence-corrected chi connectivity index (χ2v) is 5.51. The average Bonchev–Trinajstić information content (AvgIpc) is 2.49. The van der Waals surface area contributed by atoms with Gasteiger partial charge in [0.1, 0.15) is 42.7 Å². The molecule has 2 aliphatic rings. The minimum atomic E-state index is -1.64. The predicted molar refractivity (Wildman–Crippen MR) is 67.2 cm³/mol. The first kappa shape index (κ1) is 17.9. The molecule has 0 radical (unpaired) electrons. The maximum absolute atomic E-state index is 9.92. The van der Waals surface area contributed by atoms with Crippen LogP contribution in [0.4, 0.5) is 0 Å². The molecule has 2 rings (SSSR count). The molecule has 0 amide bonds. The summed E-state index contributed by atoms with van der Waals surface area (Å²) in [7, 11) is 0. The molecule has 0 spiro atoms. The molecule has 7 N–H and O–H groups in total. The number of ether oxygens (including phenoxy) is 3. The van der Waals surface area contributed by atoms with Gasteiger partial charge in [0.2, 0.25) is 0 Å². The molecule has 0 aliphatic carbocycles. The van der Waals surface area contributed by atoms with Gasteiger partial charge in [-0.05, 0) is 6.92 Å². The molecule has 10 heteroatoms. The summed E-state index contributed by atoms with van der Waals surface area (Å²) in [4.78, 5) is 0. The molecule has 10 nitrogen and oxygen atoms in total. The lowest BCUT2D eigenvalue weighted by Crippen LogP contribution is -2.63. The van der Waals surface area contributed by atoms with Gasteiger partial charge >= 0.3 is 0 Å². The van der Waals surface area contributed by atoms with Crippen molar-refractivity contribution in [3.05, 3.63) is 0 Å². The van der Waals surface area contributed by atoms with Crippen molar-refractivity contribution in [1.29, 1.82) is 0 Å². The van der Waals surface area contributed by atoms with Crippen molar-refractivity contribution in [2.45, 2.75) is 68.3 Å².